The molecule has 0 aliphatic carbocycles. The molecule has 0 amide bonds. The van der Waals surface area contributed by atoms with Crippen LogP contribution in [0.1, 0.15) is 16.1 Å². The number of anilines is 2. The Bertz CT molecular complexity index is 967. The molecule has 0 radical (unpaired) electrons. The van der Waals surface area contributed by atoms with Crippen molar-refractivity contribution < 1.29 is 9.90 Å². The highest BCUT2D eigenvalue weighted by molar-refractivity contribution is 7.80. The summed E-state index contributed by atoms with van der Waals surface area (Å²) < 4.78 is 2.98. The SMILES string of the molecule is Cn1ncc(NC(=S)Nc2ccn(Cc3ccccc3Cl)n2)c1C(=O)O. The van der Waals surface area contributed by atoms with E-state index in [4.69, 9.17) is 23.8 Å². The van der Waals surface area contributed by atoms with Crippen molar-refractivity contribution >= 4 is 46.4 Å². The van der Waals surface area contributed by atoms with Crippen molar-refractivity contribution in [2.45, 2.75) is 6.54 Å². The molecular formula is C16H15ClN6O2S. The monoisotopic (exact) mass is 390 g/mol. The van der Waals surface area contributed by atoms with E-state index in [2.05, 4.69) is 20.8 Å². The van der Waals surface area contributed by atoms with Crippen LogP contribution >= 0.6 is 23.8 Å². The maximum absolute atomic E-state index is 11.3. The normalized spacial score (nSPS) is 10.5. The number of halogens is 1. The van der Waals surface area contributed by atoms with E-state index in [1.165, 1.54) is 10.9 Å². The van der Waals surface area contributed by atoms with Crippen LogP contribution in [-0.4, -0.2) is 35.7 Å². The molecule has 10 heteroatoms. The van der Waals surface area contributed by atoms with Crippen LogP contribution in [0.15, 0.2) is 42.7 Å². The number of aromatic nitrogens is 4. The maximum atomic E-state index is 11.3. The van der Waals surface area contributed by atoms with E-state index >= 15 is 0 Å². The van der Waals surface area contributed by atoms with Gasteiger partial charge in [-0.25, -0.2) is 4.79 Å². The third kappa shape index (κ3) is 4.01. The molecule has 0 aliphatic heterocycles. The molecule has 0 fully saturated rings. The second kappa shape index (κ2) is 7.54. The van der Waals surface area contributed by atoms with Gasteiger partial charge in [0, 0.05) is 24.3 Å². The van der Waals surface area contributed by atoms with Gasteiger partial charge < -0.3 is 15.7 Å². The van der Waals surface area contributed by atoms with Crippen molar-refractivity contribution in [1.29, 1.82) is 0 Å². The highest BCUT2D eigenvalue weighted by atomic mass is 35.5. The maximum Gasteiger partial charge on any atom is 0.356 e. The number of carbonyl (C=O) groups is 1. The van der Waals surface area contributed by atoms with Crippen LogP contribution in [-0.2, 0) is 13.6 Å². The van der Waals surface area contributed by atoms with E-state index in [1.807, 2.05) is 24.3 Å². The van der Waals surface area contributed by atoms with Crippen molar-refractivity contribution in [3.8, 4) is 0 Å². The molecular weight excluding hydrogens is 376 g/mol. The van der Waals surface area contributed by atoms with Crippen molar-refractivity contribution in [2.24, 2.45) is 7.05 Å². The summed E-state index contributed by atoms with van der Waals surface area (Å²) in [6.45, 7) is 0.521. The molecule has 8 nitrogen and oxygen atoms in total. The summed E-state index contributed by atoms with van der Waals surface area (Å²) in [6.07, 6.45) is 3.19. The molecule has 3 rings (SSSR count). The number of aryl methyl sites for hydroxylation is 1. The van der Waals surface area contributed by atoms with Gasteiger partial charge in [0.15, 0.2) is 16.6 Å². The van der Waals surface area contributed by atoms with Crippen LogP contribution in [0.25, 0.3) is 0 Å². The highest BCUT2D eigenvalue weighted by Crippen LogP contribution is 2.17. The number of hydrogen-bond donors (Lipinski definition) is 3. The van der Waals surface area contributed by atoms with Gasteiger partial charge in [0.1, 0.15) is 0 Å². The number of nitrogens with one attached hydrogen (secondary N) is 2. The van der Waals surface area contributed by atoms with Gasteiger partial charge in [0.25, 0.3) is 0 Å². The Hall–Kier alpha value is -2.91. The summed E-state index contributed by atoms with van der Waals surface area (Å²) in [5.74, 6) is -0.574. The van der Waals surface area contributed by atoms with Gasteiger partial charge in [0.05, 0.1) is 18.4 Å². The molecule has 3 N–H and O–H groups in total. The number of hydrogen-bond acceptors (Lipinski definition) is 4. The van der Waals surface area contributed by atoms with Crippen LogP contribution in [0.2, 0.25) is 5.02 Å². The van der Waals surface area contributed by atoms with Crippen LogP contribution in [0.5, 0.6) is 0 Å². The van der Waals surface area contributed by atoms with E-state index in [-0.39, 0.29) is 10.8 Å². The molecule has 0 saturated heterocycles. The quantitative estimate of drug-likeness (QED) is 0.576. The molecule has 0 saturated carbocycles. The number of nitrogens with zero attached hydrogens (tertiary/aromatic N) is 4. The standard InChI is InChI=1S/C16H15ClN6O2S/c1-22-14(15(24)25)12(8-18-22)19-16(26)20-13-6-7-23(21-13)9-10-4-2-3-5-11(10)17/h2-8H,9H2,1H3,(H,24,25)(H2,19,20,21,26). The molecule has 1 aromatic carbocycles. The molecule has 2 heterocycles. The van der Waals surface area contributed by atoms with Gasteiger partial charge >= 0.3 is 5.97 Å². The van der Waals surface area contributed by atoms with Gasteiger partial charge in [-0.1, -0.05) is 29.8 Å². The van der Waals surface area contributed by atoms with Crippen LogP contribution in [0.4, 0.5) is 11.5 Å². The fraction of sp³-hybridized carbons (Fsp3) is 0.125. The number of thiocarbonyl (C=S) groups is 1. The van der Waals surface area contributed by atoms with Crippen molar-refractivity contribution in [1.82, 2.24) is 19.6 Å². The molecule has 26 heavy (non-hydrogen) atoms. The zero-order valence-electron chi connectivity index (χ0n) is 13.7. The first-order chi connectivity index (χ1) is 12.4. The Balaban J connectivity index is 1.65. The van der Waals surface area contributed by atoms with Crippen LogP contribution < -0.4 is 10.6 Å². The fourth-order valence-electron chi connectivity index (χ4n) is 2.37. The Morgan fingerprint density at radius 1 is 1.31 bits per heavy atom. The highest BCUT2D eigenvalue weighted by Gasteiger charge is 2.16. The summed E-state index contributed by atoms with van der Waals surface area (Å²) in [7, 11) is 1.54. The smallest absolute Gasteiger partial charge is 0.356 e. The van der Waals surface area contributed by atoms with Crippen LogP contribution in [0.3, 0.4) is 0 Å². The largest absolute Gasteiger partial charge is 0.476 e. The van der Waals surface area contributed by atoms with E-state index in [1.54, 1.807) is 24.0 Å². The summed E-state index contributed by atoms with van der Waals surface area (Å²) >= 11 is 11.4. The Kier molecular flexibility index (Phi) is 5.19. The average Bonchev–Trinajstić information content (AvgIpc) is 3.16. The van der Waals surface area contributed by atoms with Crippen molar-refractivity contribution in [2.75, 3.05) is 10.6 Å². The predicted molar refractivity (Wildman–Crippen MR) is 103 cm³/mol. The summed E-state index contributed by atoms with van der Waals surface area (Å²) in [6, 6.07) is 9.30. The zero-order chi connectivity index (χ0) is 18.7. The third-order valence-electron chi connectivity index (χ3n) is 3.56. The van der Waals surface area contributed by atoms with Gasteiger partial charge in [-0.3, -0.25) is 9.36 Å². The molecule has 134 valence electrons. The van der Waals surface area contributed by atoms with Crippen molar-refractivity contribution in [3.63, 3.8) is 0 Å². The van der Waals surface area contributed by atoms with Crippen LogP contribution in [0, 0.1) is 0 Å². The van der Waals surface area contributed by atoms with Gasteiger partial charge in [0.2, 0.25) is 0 Å². The van der Waals surface area contributed by atoms with E-state index in [0.29, 0.717) is 23.1 Å². The number of benzene rings is 1. The van der Waals surface area contributed by atoms with Gasteiger partial charge in [-0.05, 0) is 23.8 Å². The predicted octanol–water partition coefficient (Wildman–Crippen LogP) is 2.83. The second-order valence-electron chi connectivity index (χ2n) is 5.40. The third-order valence-corrected chi connectivity index (χ3v) is 4.13. The Morgan fingerprint density at radius 3 is 2.81 bits per heavy atom. The van der Waals surface area contributed by atoms with Crippen molar-refractivity contribution in [3.05, 3.63) is 59.0 Å². The Labute approximate surface area is 159 Å². The lowest BCUT2D eigenvalue weighted by Gasteiger charge is -2.08. The van der Waals surface area contributed by atoms with E-state index in [9.17, 15) is 9.90 Å². The lowest BCUT2D eigenvalue weighted by molar-refractivity contribution is 0.0686. The molecule has 0 atom stereocenters. The molecule has 0 aliphatic rings. The molecule has 2 aromatic heterocycles. The van der Waals surface area contributed by atoms with Gasteiger partial charge in [-0.2, -0.15) is 10.2 Å². The topological polar surface area (TPSA) is 97.0 Å². The Morgan fingerprint density at radius 2 is 2.08 bits per heavy atom. The summed E-state index contributed by atoms with van der Waals surface area (Å²) in [5.41, 5.74) is 1.26. The van der Waals surface area contributed by atoms with E-state index in [0.717, 1.165) is 5.56 Å². The minimum absolute atomic E-state index is 0.0124. The first kappa shape index (κ1) is 17.9. The lowest BCUT2D eigenvalue weighted by atomic mass is 10.2. The van der Waals surface area contributed by atoms with E-state index < -0.39 is 5.97 Å². The lowest BCUT2D eigenvalue weighted by Crippen LogP contribution is -2.21. The number of rotatable bonds is 5. The zero-order valence-corrected chi connectivity index (χ0v) is 15.3. The number of carboxylic acid groups (broad SMARTS) is 1. The average molecular weight is 391 g/mol. The van der Waals surface area contributed by atoms with Gasteiger partial charge in [-0.15, -0.1) is 0 Å². The minimum Gasteiger partial charge on any atom is -0.476 e. The number of aromatic carboxylic acids is 1. The first-order valence-corrected chi connectivity index (χ1v) is 8.33. The minimum atomic E-state index is -1.10. The molecule has 0 unspecified atom stereocenters. The molecule has 0 spiro atoms. The fourth-order valence-corrected chi connectivity index (χ4v) is 2.78. The summed E-state index contributed by atoms with van der Waals surface area (Å²) in [5, 5.41) is 24.1. The molecule has 0 bridgehead atoms. The summed E-state index contributed by atoms with van der Waals surface area (Å²) in [4.78, 5) is 11.3. The first-order valence-electron chi connectivity index (χ1n) is 7.54. The second-order valence-corrected chi connectivity index (χ2v) is 6.22. The number of carboxylic acids is 1. The molecule has 3 aromatic rings.